The van der Waals surface area contributed by atoms with Gasteiger partial charge in [0.2, 0.25) is 11.8 Å². The molecule has 9 heteroatoms. The van der Waals surface area contributed by atoms with Crippen LogP contribution in [0.1, 0.15) is 90.0 Å². The van der Waals surface area contributed by atoms with Crippen LogP contribution in [-0.2, 0) is 14.4 Å². The Hall–Kier alpha value is -2.68. The van der Waals surface area contributed by atoms with E-state index in [1.807, 2.05) is 13.0 Å². The van der Waals surface area contributed by atoms with Crippen LogP contribution >= 0.6 is 11.6 Å². The van der Waals surface area contributed by atoms with E-state index in [9.17, 15) is 29.7 Å². The van der Waals surface area contributed by atoms with Gasteiger partial charge in [-0.25, -0.2) is 0 Å². The lowest BCUT2D eigenvalue weighted by molar-refractivity contribution is -0.141. The fraction of sp³-hybridized carbons (Fsp3) is 0.594. The number of likely N-dealkylation sites (tertiary alicyclic amines) is 1. The Morgan fingerprint density at radius 1 is 1.10 bits per heavy atom. The Balaban J connectivity index is 1.78. The van der Waals surface area contributed by atoms with Crippen molar-refractivity contribution in [3.8, 4) is 5.75 Å². The second-order valence-electron chi connectivity index (χ2n) is 11.3. The zero-order valence-corrected chi connectivity index (χ0v) is 24.9. The number of aliphatic carboxylic acids is 1. The fourth-order valence-corrected chi connectivity index (χ4v) is 6.66. The van der Waals surface area contributed by atoms with Crippen molar-refractivity contribution in [2.24, 2.45) is 17.8 Å². The number of unbranched alkanes of at least 4 members (excludes halogenated alkanes) is 2. The molecule has 0 spiro atoms. The van der Waals surface area contributed by atoms with Gasteiger partial charge in [-0.1, -0.05) is 61.9 Å². The van der Waals surface area contributed by atoms with Crippen molar-refractivity contribution >= 4 is 35.5 Å². The number of carbonyl (C=O) groups is 3. The number of allylic oxidation sites excluding steroid dienone is 2. The van der Waals surface area contributed by atoms with Crippen LogP contribution < -0.4 is 0 Å². The van der Waals surface area contributed by atoms with E-state index in [4.69, 9.17) is 16.7 Å². The van der Waals surface area contributed by atoms with E-state index in [0.29, 0.717) is 55.5 Å². The molecule has 0 radical (unpaired) electrons. The van der Waals surface area contributed by atoms with Crippen molar-refractivity contribution in [2.75, 3.05) is 13.2 Å². The summed E-state index contributed by atoms with van der Waals surface area (Å²) in [5.41, 5.74) is 3.57. The predicted octanol–water partition coefficient (Wildman–Crippen LogP) is 5.73. The molecule has 0 unspecified atom stereocenters. The van der Waals surface area contributed by atoms with Gasteiger partial charge in [0.15, 0.2) is 0 Å². The number of phenols is 1. The summed E-state index contributed by atoms with van der Waals surface area (Å²) in [6.45, 7) is 4.03. The molecule has 1 aromatic carbocycles. The Morgan fingerprint density at radius 3 is 2.49 bits per heavy atom. The number of hydrogen-bond acceptors (Lipinski definition) is 6. The highest BCUT2D eigenvalue weighted by atomic mass is 35.5. The van der Waals surface area contributed by atoms with Gasteiger partial charge in [-0.05, 0) is 74.3 Å². The van der Waals surface area contributed by atoms with Gasteiger partial charge in [-0.2, -0.15) is 0 Å². The third-order valence-corrected chi connectivity index (χ3v) is 8.64. The molecule has 0 bridgehead atoms. The molecule has 4 N–H and O–H groups in total. The first-order valence-corrected chi connectivity index (χ1v) is 15.3. The molecule has 2 aliphatic rings. The molecule has 0 aromatic heterocycles. The number of carboxylic acid groups (broad SMARTS) is 1. The van der Waals surface area contributed by atoms with Crippen molar-refractivity contribution < 1.29 is 34.8 Å². The maximum Gasteiger partial charge on any atom is 0.303 e. The molecular formula is C32H44ClNO7. The minimum Gasteiger partial charge on any atom is -0.508 e. The molecule has 3 rings (SSSR count). The van der Waals surface area contributed by atoms with Crippen LogP contribution in [0.4, 0.5) is 0 Å². The van der Waals surface area contributed by atoms with Crippen LogP contribution in [0.25, 0.3) is 6.08 Å². The first-order valence-electron chi connectivity index (χ1n) is 14.9. The summed E-state index contributed by atoms with van der Waals surface area (Å²) in [5.74, 6) is -3.15. The van der Waals surface area contributed by atoms with Crippen LogP contribution in [0.2, 0.25) is 5.02 Å². The molecule has 1 aromatic rings. The van der Waals surface area contributed by atoms with Gasteiger partial charge >= 0.3 is 5.97 Å². The quantitative estimate of drug-likeness (QED) is 0.110. The lowest BCUT2D eigenvalue weighted by Gasteiger charge is -2.36. The highest BCUT2D eigenvalue weighted by Gasteiger charge is 2.54. The molecule has 0 saturated carbocycles. The van der Waals surface area contributed by atoms with Gasteiger partial charge in [0, 0.05) is 18.9 Å². The summed E-state index contributed by atoms with van der Waals surface area (Å²) in [5, 5.41) is 41.0. The van der Waals surface area contributed by atoms with Crippen molar-refractivity contribution in [3.05, 3.63) is 45.5 Å². The number of carboxylic acids is 1. The molecule has 1 saturated heterocycles. The van der Waals surface area contributed by atoms with Gasteiger partial charge < -0.3 is 20.4 Å². The molecule has 226 valence electrons. The zero-order valence-electron chi connectivity index (χ0n) is 24.1. The zero-order chi connectivity index (χ0) is 30.1. The van der Waals surface area contributed by atoms with Gasteiger partial charge in [0.05, 0.1) is 29.6 Å². The standard InChI is InChI=1S/C32H44ClNO7/c1-3-8-20(16-21-12-13-23(36)18-26(21)33)11-14-27(37)29-22(9-4-2)17-24-30(25(29)19-35)32(41)34(31(24)40)15-7-5-6-10-28(38)39/h12-13,16,18,24-25,27,30,35-37H,3-11,14-15,17,19H2,1-2H3,(H,38,39)/b20-16+/t24-,25+,27-,30-/m1/s1. The maximum absolute atomic E-state index is 13.5. The van der Waals surface area contributed by atoms with Crippen LogP contribution in [0.15, 0.2) is 34.9 Å². The van der Waals surface area contributed by atoms with Gasteiger partial charge in [-0.3, -0.25) is 19.3 Å². The molecule has 1 aliphatic heterocycles. The van der Waals surface area contributed by atoms with Gasteiger partial charge in [-0.15, -0.1) is 0 Å². The van der Waals surface area contributed by atoms with Crippen molar-refractivity contribution in [1.82, 2.24) is 4.90 Å². The summed E-state index contributed by atoms with van der Waals surface area (Å²) < 4.78 is 0. The van der Waals surface area contributed by atoms with E-state index >= 15 is 0 Å². The van der Waals surface area contributed by atoms with E-state index in [0.717, 1.165) is 36.0 Å². The number of aliphatic hydroxyl groups excluding tert-OH is 2. The van der Waals surface area contributed by atoms with Crippen LogP contribution in [0.5, 0.6) is 5.75 Å². The molecular weight excluding hydrogens is 546 g/mol. The summed E-state index contributed by atoms with van der Waals surface area (Å²) in [6, 6.07) is 4.84. The molecule has 41 heavy (non-hydrogen) atoms. The number of carbonyl (C=O) groups excluding carboxylic acids is 2. The van der Waals surface area contributed by atoms with Gasteiger partial charge in [0.25, 0.3) is 0 Å². The summed E-state index contributed by atoms with van der Waals surface area (Å²) in [6.07, 6.45) is 7.45. The molecule has 8 nitrogen and oxygen atoms in total. The van der Waals surface area contributed by atoms with E-state index in [2.05, 4.69) is 6.92 Å². The number of fused-ring (bicyclic) bond motifs is 1. The minimum atomic E-state index is -0.864. The normalized spacial score (nSPS) is 21.9. The topological polar surface area (TPSA) is 135 Å². The maximum atomic E-state index is 13.5. The number of aliphatic hydroxyl groups is 2. The fourth-order valence-electron chi connectivity index (χ4n) is 6.43. The Labute approximate surface area is 247 Å². The van der Waals surface area contributed by atoms with Crippen molar-refractivity contribution in [3.63, 3.8) is 0 Å². The number of benzene rings is 1. The molecule has 1 heterocycles. The predicted molar refractivity (Wildman–Crippen MR) is 158 cm³/mol. The van der Waals surface area contributed by atoms with E-state index in [1.165, 1.54) is 11.0 Å². The van der Waals surface area contributed by atoms with Crippen molar-refractivity contribution in [2.45, 2.75) is 90.6 Å². The van der Waals surface area contributed by atoms with E-state index < -0.39 is 29.8 Å². The number of amides is 2. The number of phenolic OH excluding ortho intramolecular Hbond substituents is 1. The number of hydrogen-bond donors (Lipinski definition) is 4. The largest absolute Gasteiger partial charge is 0.508 e. The second kappa shape index (κ2) is 15.5. The summed E-state index contributed by atoms with van der Waals surface area (Å²) >= 11 is 6.32. The van der Waals surface area contributed by atoms with Crippen molar-refractivity contribution in [1.29, 1.82) is 0 Å². The summed E-state index contributed by atoms with van der Waals surface area (Å²) in [7, 11) is 0. The molecule has 4 atom stereocenters. The SMILES string of the molecule is CCCC1=C([C@H](O)CC/C(=C/c2ccc(O)cc2Cl)CCC)[C@H](CO)[C@@H]2C(=O)N(CCCCCC(=O)O)C(=O)[C@@H]2C1. The average Bonchev–Trinajstić information content (AvgIpc) is 3.16. The Kier molecular flexibility index (Phi) is 12.4. The van der Waals surface area contributed by atoms with Crippen LogP contribution in [-0.4, -0.2) is 62.4 Å². The second-order valence-corrected chi connectivity index (χ2v) is 11.7. The summed E-state index contributed by atoms with van der Waals surface area (Å²) in [4.78, 5) is 38.9. The Morgan fingerprint density at radius 2 is 1.85 bits per heavy atom. The number of halogens is 1. The van der Waals surface area contributed by atoms with Crippen LogP contribution in [0.3, 0.4) is 0 Å². The third kappa shape index (κ3) is 8.21. The smallest absolute Gasteiger partial charge is 0.303 e. The number of nitrogens with zero attached hydrogens (tertiary/aromatic N) is 1. The molecule has 2 amide bonds. The van der Waals surface area contributed by atoms with Gasteiger partial charge in [0.1, 0.15) is 5.75 Å². The van der Waals surface area contributed by atoms with E-state index in [-0.39, 0.29) is 37.1 Å². The molecule has 1 aliphatic carbocycles. The third-order valence-electron chi connectivity index (χ3n) is 8.31. The highest BCUT2D eigenvalue weighted by Crippen LogP contribution is 2.47. The lowest BCUT2D eigenvalue weighted by atomic mass is 9.67. The van der Waals surface area contributed by atoms with E-state index in [1.54, 1.807) is 12.1 Å². The lowest BCUT2D eigenvalue weighted by Crippen LogP contribution is -2.39. The highest BCUT2D eigenvalue weighted by molar-refractivity contribution is 6.32. The minimum absolute atomic E-state index is 0.0579. The number of rotatable bonds is 16. The monoisotopic (exact) mass is 589 g/mol. The van der Waals surface area contributed by atoms with Crippen LogP contribution in [0, 0.1) is 17.8 Å². The number of aromatic hydroxyl groups is 1. The average molecular weight is 590 g/mol. The first-order chi connectivity index (χ1) is 19.6. The molecule has 1 fully saturated rings. The first kappa shape index (κ1) is 32.8. The number of imide groups is 1. The Bertz CT molecular complexity index is 1160.